The summed E-state index contributed by atoms with van der Waals surface area (Å²) in [6, 6.07) is 20.9. The lowest BCUT2D eigenvalue weighted by Crippen LogP contribution is -2.28. The van der Waals surface area contributed by atoms with Crippen LogP contribution in [-0.2, 0) is 0 Å². The van der Waals surface area contributed by atoms with Crippen molar-refractivity contribution in [3.8, 4) is 17.1 Å². The number of nitrogens with zero attached hydrogens (tertiary/aromatic N) is 2. The van der Waals surface area contributed by atoms with E-state index in [0.717, 1.165) is 14.8 Å². The number of rotatable bonds is 6. The van der Waals surface area contributed by atoms with E-state index in [1.54, 1.807) is 12.1 Å². The van der Waals surface area contributed by atoms with Crippen LogP contribution in [-0.4, -0.2) is 29.3 Å². The molecular weight excluding hydrogens is 429 g/mol. The molecule has 0 radical (unpaired) electrons. The lowest BCUT2D eigenvalue weighted by Gasteiger charge is -2.08. The zero-order valence-electron chi connectivity index (χ0n) is 13.4. The highest BCUT2D eigenvalue weighted by atomic mass is 127. The van der Waals surface area contributed by atoms with Crippen molar-refractivity contribution in [2.45, 2.75) is 0 Å². The third kappa shape index (κ3) is 4.76. The quantitative estimate of drug-likeness (QED) is 0.466. The standard InChI is InChI=1S/C19H16IN3O2/c20-16-9-5-4-8-15(16)19(24)21-12-13-25-18-11-10-17(22-23-18)14-6-2-1-3-7-14/h1-11H,12-13H2,(H,21,24). The van der Waals surface area contributed by atoms with Crippen LogP contribution < -0.4 is 10.1 Å². The van der Waals surface area contributed by atoms with E-state index in [2.05, 4.69) is 38.1 Å². The van der Waals surface area contributed by atoms with Gasteiger partial charge >= 0.3 is 0 Å². The van der Waals surface area contributed by atoms with E-state index in [1.165, 1.54) is 0 Å². The summed E-state index contributed by atoms with van der Waals surface area (Å²) in [5.41, 5.74) is 2.46. The van der Waals surface area contributed by atoms with Gasteiger partial charge in [0.25, 0.3) is 5.91 Å². The molecule has 3 aromatic rings. The van der Waals surface area contributed by atoms with Gasteiger partial charge in [0, 0.05) is 15.2 Å². The van der Waals surface area contributed by atoms with Gasteiger partial charge in [-0.25, -0.2) is 0 Å². The normalized spacial score (nSPS) is 10.3. The number of amides is 1. The van der Waals surface area contributed by atoms with Gasteiger partial charge < -0.3 is 10.1 Å². The molecule has 6 heteroatoms. The monoisotopic (exact) mass is 445 g/mol. The summed E-state index contributed by atoms with van der Waals surface area (Å²) in [5.74, 6) is 0.322. The molecule has 3 rings (SSSR count). The van der Waals surface area contributed by atoms with E-state index in [9.17, 15) is 4.79 Å². The van der Waals surface area contributed by atoms with Crippen molar-refractivity contribution in [1.29, 1.82) is 0 Å². The highest BCUT2D eigenvalue weighted by Crippen LogP contribution is 2.17. The average molecular weight is 445 g/mol. The van der Waals surface area contributed by atoms with E-state index < -0.39 is 0 Å². The SMILES string of the molecule is O=C(NCCOc1ccc(-c2ccccc2)nn1)c1ccccc1I. The Morgan fingerprint density at radius 3 is 2.44 bits per heavy atom. The number of carbonyl (C=O) groups is 1. The first-order valence-corrected chi connectivity index (χ1v) is 8.86. The van der Waals surface area contributed by atoms with Crippen molar-refractivity contribution in [3.05, 3.63) is 75.9 Å². The minimum Gasteiger partial charge on any atom is -0.475 e. The Morgan fingerprint density at radius 1 is 0.960 bits per heavy atom. The molecule has 0 aliphatic heterocycles. The molecule has 0 aliphatic carbocycles. The third-order valence-electron chi connectivity index (χ3n) is 3.47. The molecule has 1 N–H and O–H groups in total. The van der Waals surface area contributed by atoms with Gasteiger partial charge in [-0.15, -0.1) is 10.2 Å². The zero-order chi connectivity index (χ0) is 17.5. The summed E-state index contributed by atoms with van der Waals surface area (Å²) in [6.07, 6.45) is 0. The van der Waals surface area contributed by atoms with E-state index in [-0.39, 0.29) is 5.91 Å². The number of hydrogen-bond donors (Lipinski definition) is 1. The van der Waals surface area contributed by atoms with Crippen molar-refractivity contribution >= 4 is 28.5 Å². The Kier molecular flexibility index (Phi) is 5.95. The molecule has 126 valence electrons. The van der Waals surface area contributed by atoms with Gasteiger partial charge in [-0.05, 0) is 40.8 Å². The van der Waals surface area contributed by atoms with Gasteiger partial charge in [0.05, 0.1) is 17.8 Å². The van der Waals surface area contributed by atoms with Gasteiger partial charge in [0.2, 0.25) is 5.88 Å². The maximum absolute atomic E-state index is 12.1. The molecular formula is C19H16IN3O2. The van der Waals surface area contributed by atoms with Gasteiger partial charge in [0.15, 0.2) is 0 Å². The van der Waals surface area contributed by atoms with E-state index in [1.807, 2.05) is 54.6 Å². The Labute approximate surface area is 159 Å². The largest absolute Gasteiger partial charge is 0.475 e. The number of nitrogens with one attached hydrogen (secondary N) is 1. The van der Waals surface area contributed by atoms with Crippen LogP contribution in [0.1, 0.15) is 10.4 Å². The summed E-state index contributed by atoms with van der Waals surface area (Å²) in [6.45, 7) is 0.723. The second-order valence-corrected chi connectivity index (χ2v) is 6.37. The molecule has 1 aromatic heterocycles. The Balaban J connectivity index is 1.48. The smallest absolute Gasteiger partial charge is 0.252 e. The lowest BCUT2D eigenvalue weighted by molar-refractivity contribution is 0.0945. The molecule has 0 saturated carbocycles. The fourth-order valence-electron chi connectivity index (χ4n) is 2.22. The van der Waals surface area contributed by atoms with Gasteiger partial charge in [-0.2, -0.15) is 0 Å². The number of ether oxygens (including phenoxy) is 1. The molecule has 0 bridgehead atoms. The summed E-state index contributed by atoms with van der Waals surface area (Å²) < 4.78 is 6.44. The summed E-state index contributed by atoms with van der Waals surface area (Å²) in [7, 11) is 0. The van der Waals surface area contributed by atoms with Crippen molar-refractivity contribution in [3.63, 3.8) is 0 Å². The summed E-state index contributed by atoms with van der Waals surface area (Å²) >= 11 is 2.14. The molecule has 0 unspecified atom stereocenters. The van der Waals surface area contributed by atoms with Crippen LogP contribution in [0, 0.1) is 3.57 Å². The topological polar surface area (TPSA) is 64.1 Å². The number of halogens is 1. The molecule has 5 nitrogen and oxygen atoms in total. The van der Waals surface area contributed by atoms with Gasteiger partial charge in [-0.1, -0.05) is 42.5 Å². The number of aromatic nitrogens is 2. The fraction of sp³-hybridized carbons (Fsp3) is 0.105. The zero-order valence-corrected chi connectivity index (χ0v) is 15.5. The highest BCUT2D eigenvalue weighted by Gasteiger charge is 2.08. The van der Waals surface area contributed by atoms with E-state index in [4.69, 9.17) is 4.74 Å². The maximum Gasteiger partial charge on any atom is 0.252 e. The molecule has 1 amide bonds. The van der Waals surface area contributed by atoms with Crippen molar-refractivity contribution < 1.29 is 9.53 Å². The highest BCUT2D eigenvalue weighted by molar-refractivity contribution is 14.1. The minimum absolute atomic E-state index is 0.112. The second kappa shape index (κ2) is 8.57. The van der Waals surface area contributed by atoms with Crippen LogP contribution in [0.2, 0.25) is 0 Å². The Hall–Kier alpha value is -2.48. The van der Waals surface area contributed by atoms with Crippen molar-refractivity contribution in [2.75, 3.05) is 13.2 Å². The summed E-state index contributed by atoms with van der Waals surface area (Å²) in [5, 5.41) is 11.0. The maximum atomic E-state index is 12.1. The molecule has 0 aliphatic rings. The van der Waals surface area contributed by atoms with Crippen LogP contribution in [0.25, 0.3) is 11.3 Å². The lowest BCUT2D eigenvalue weighted by atomic mass is 10.1. The molecule has 1 heterocycles. The fourth-order valence-corrected chi connectivity index (χ4v) is 2.85. The third-order valence-corrected chi connectivity index (χ3v) is 4.41. The van der Waals surface area contributed by atoms with Crippen LogP contribution in [0.15, 0.2) is 66.7 Å². The molecule has 0 spiro atoms. The van der Waals surface area contributed by atoms with Crippen LogP contribution in [0.5, 0.6) is 5.88 Å². The van der Waals surface area contributed by atoms with E-state index >= 15 is 0 Å². The second-order valence-electron chi connectivity index (χ2n) is 5.21. The first kappa shape index (κ1) is 17.3. The van der Waals surface area contributed by atoms with Gasteiger partial charge in [0.1, 0.15) is 6.61 Å². The minimum atomic E-state index is -0.112. The van der Waals surface area contributed by atoms with Crippen LogP contribution >= 0.6 is 22.6 Å². The molecule has 25 heavy (non-hydrogen) atoms. The van der Waals surface area contributed by atoms with Crippen LogP contribution in [0.3, 0.4) is 0 Å². The van der Waals surface area contributed by atoms with Crippen molar-refractivity contribution in [2.24, 2.45) is 0 Å². The van der Waals surface area contributed by atoms with E-state index in [0.29, 0.717) is 24.6 Å². The van der Waals surface area contributed by atoms with Crippen molar-refractivity contribution in [1.82, 2.24) is 15.5 Å². The molecule has 0 atom stereocenters. The number of hydrogen-bond acceptors (Lipinski definition) is 4. The summed E-state index contributed by atoms with van der Waals surface area (Å²) in [4.78, 5) is 12.1. The number of carbonyl (C=O) groups excluding carboxylic acids is 1. The predicted octanol–water partition coefficient (Wildman–Crippen LogP) is 3.56. The average Bonchev–Trinajstić information content (AvgIpc) is 2.66. The Bertz CT molecular complexity index is 839. The first-order chi connectivity index (χ1) is 12.2. The first-order valence-electron chi connectivity index (χ1n) is 7.79. The van der Waals surface area contributed by atoms with Crippen LogP contribution in [0.4, 0.5) is 0 Å². The Morgan fingerprint density at radius 2 is 1.72 bits per heavy atom. The molecule has 2 aromatic carbocycles. The van der Waals surface area contributed by atoms with Gasteiger partial charge in [-0.3, -0.25) is 4.79 Å². The number of benzene rings is 2. The molecule has 0 fully saturated rings. The predicted molar refractivity (Wildman–Crippen MR) is 104 cm³/mol. The molecule has 0 saturated heterocycles.